The van der Waals surface area contributed by atoms with E-state index in [1.807, 2.05) is 0 Å². The van der Waals surface area contributed by atoms with Gasteiger partial charge in [0.25, 0.3) is 0 Å². The average molecular weight is 784 g/mol. The predicted molar refractivity (Wildman–Crippen MR) is 231 cm³/mol. The Bertz CT molecular complexity index is 1460. The quantitative estimate of drug-likeness (QED) is 0.0687. The molecule has 1 atom stereocenters. The molecule has 2 aliphatic carbocycles. The van der Waals surface area contributed by atoms with Gasteiger partial charge in [-0.3, -0.25) is 4.79 Å². The number of benzene rings is 3. The van der Waals surface area contributed by atoms with Crippen molar-refractivity contribution in [3.05, 3.63) is 77.9 Å². The fourth-order valence-corrected chi connectivity index (χ4v) is 13.4. The van der Waals surface area contributed by atoms with Crippen LogP contribution in [-0.2, 0) is 17.4 Å². The minimum absolute atomic E-state index is 0. The molecule has 2 aliphatic rings. The highest BCUT2D eigenvalue weighted by Crippen LogP contribution is 2.63. The molecule has 294 valence electrons. The van der Waals surface area contributed by atoms with Crippen molar-refractivity contribution in [1.82, 2.24) is 10.6 Å². The van der Waals surface area contributed by atoms with E-state index >= 15 is 0 Å². The zero-order valence-corrected chi connectivity index (χ0v) is 35.5. The van der Waals surface area contributed by atoms with E-state index in [4.69, 9.17) is 4.99 Å². The molecule has 0 radical (unpaired) electrons. The summed E-state index contributed by atoms with van der Waals surface area (Å²) in [5, 5.41) is 13.3. The summed E-state index contributed by atoms with van der Waals surface area (Å²) >= 11 is 0. The molecule has 3 N–H and O–H groups in total. The lowest BCUT2D eigenvalue weighted by Crippen LogP contribution is -3.00. The second kappa shape index (κ2) is 24.2. The zero-order valence-electron chi connectivity index (χ0n) is 33.0. The first-order valence-corrected chi connectivity index (χ1v) is 23.4. The molecule has 3 aromatic carbocycles. The van der Waals surface area contributed by atoms with E-state index in [1.165, 1.54) is 118 Å². The maximum atomic E-state index is 14.3. The van der Waals surface area contributed by atoms with Gasteiger partial charge in [-0.1, -0.05) is 133 Å². The number of amides is 1. The number of nitrogens with zero attached hydrogens (tertiary/aromatic N) is 1. The van der Waals surface area contributed by atoms with Crippen molar-refractivity contribution in [2.24, 2.45) is 4.99 Å². The summed E-state index contributed by atoms with van der Waals surface area (Å²) in [5.41, 5.74) is 3.43. The van der Waals surface area contributed by atoms with Gasteiger partial charge in [-0.15, -0.1) is 12.4 Å². The van der Waals surface area contributed by atoms with Crippen molar-refractivity contribution in [1.29, 1.82) is 0 Å². The molecular formula is C45H69Cl2N4OP. The first-order valence-electron chi connectivity index (χ1n) is 20.8. The predicted octanol–water partition coefficient (Wildman–Crippen LogP) is 8.93. The van der Waals surface area contributed by atoms with Crippen molar-refractivity contribution in [3.63, 3.8) is 0 Å². The highest BCUT2D eigenvalue weighted by molar-refractivity contribution is 7.75. The van der Waals surface area contributed by atoms with E-state index in [-0.39, 0.29) is 30.7 Å². The highest BCUT2D eigenvalue weighted by Gasteiger charge is 2.35. The Balaban J connectivity index is 0.00000378. The van der Waals surface area contributed by atoms with Crippen LogP contribution in [0.3, 0.4) is 0 Å². The molecule has 53 heavy (non-hydrogen) atoms. The van der Waals surface area contributed by atoms with Crippen LogP contribution in [0.5, 0.6) is 0 Å². The van der Waals surface area contributed by atoms with Crippen molar-refractivity contribution in [2.45, 2.75) is 154 Å². The van der Waals surface area contributed by atoms with E-state index in [9.17, 15) is 4.79 Å². The maximum absolute atomic E-state index is 14.3. The molecule has 0 saturated heterocycles. The van der Waals surface area contributed by atoms with Crippen LogP contribution in [-0.4, -0.2) is 48.5 Å². The molecule has 1 amide bonds. The van der Waals surface area contributed by atoms with E-state index in [0.717, 1.165) is 42.9 Å². The van der Waals surface area contributed by atoms with Gasteiger partial charge in [-0.2, -0.15) is 0 Å². The molecule has 0 aromatic heterocycles. The van der Waals surface area contributed by atoms with Gasteiger partial charge in [0, 0.05) is 31.5 Å². The number of hydrogen-bond donors (Lipinski definition) is 3. The van der Waals surface area contributed by atoms with E-state index in [1.54, 1.807) is 0 Å². The molecule has 8 heteroatoms. The fraction of sp³-hybridized carbons (Fsp3) is 0.600. The summed E-state index contributed by atoms with van der Waals surface area (Å²) in [7, 11) is -1.05. The maximum Gasteiger partial charge on any atom is 0.249 e. The number of unbranched alkanes of at least 4 members (excludes halogenated alkanes) is 3. The van der Waals surface area contributed by atoms with Gasteiger partial charge < -0.3 is 28.4 Å². The van der Waals surface area contributed by atoms with E-state index in [0.29, 0.717) is 18.5 Å². The molecule has 0 unspecified atom stereocenters. The average Bonchev–Trinajstić information content (AvgIpc) is 3.16. The normalized spacial score (nSPS) is 15.8. The number of hydrogen-bond acceptors (Lipinski definition) is 2. The number of aliphatic imine (C=N–C) groups is 1. The highest BCUT2D eigenvalue weighted by atomic mass is 35.5. The first-order chi connectivity index (χ1) is 25.0. The fourth-order valence-electron chi connectivity index (χ4n) is 8.30. The summed E-state index contributed by atoms with van der Waals surface area (Å²) in [4.78, 5) is 19.6. The third kappa shape index (κ3) is 14.7. The second-order valence-electron chi connectivity index (χ2n) is 15.8. The van der Waals surface area contributed by atoms with Crippen molar-refractivity contribution in [2.75, 3.05) is 23.8 Å². The lowest BCUT2D eigenvalue weighted by molar-refractivity contribution is -0.117. The first kappa shape index (κ1) is 45.1. The zero-order chi connectivity index (χ0) is 35.7. The monoisotopic (exact) mass is 782 g/mol. The van der Waals surface area contributed by atoms with E-state index in [2.05, 4.69) is 103 Å². The van der Waals surface area contributed by atoms with E-state index < -0.39 is 13.3 Å². The summed E-state index contributed by atoms with van der Waals surface area (Å²) < 4.78 is 0. The van der Waals surface area contributed by atoms with Crippen LogP contribution in [0.1, 0.15) is 135 Å². The van der Waals surface area contributed by atoms with Crippen LogP contribution in [0.4, 0.5) is 5.69 Å². The van der Waals surface area contributed by atoms with Crippen LogP contribution in [0, 0.1) is 0 Å². The summed E-state index contributed by atoms with van der Waals surface area (Å²) in [6.45, 7) is 7.01. The third-order valence-corrected chi connectivity index (χ3v) is 16.3. The van der Waals surface area contributed by atoms with Crippen LogP contribution in [0.25, 0.3) is 10.8 Å². The van der Waals surface area contributed by atoms with Crippen LogP contribution in [0.15, 0.2) is 71.7 Å². The molecule has 2 fully saturated rings. The molecule has 0 spiro atoms. The molecule has 2 saturated carbocycles. The smallest absolute Gasteiger partial charge is 0.249 e. The van der Waals surface area contributed by atoms with Crippen molar-refractivity contribution in [3.8, 4) is 0 Å². The van der Waals surface area contributed by atoms with Crippen molar-refractivity contribution >= 4 is 48.0 Å². The number of guanidine groups is 1. The largest absolute Gasteiger partial charge is 1.00 e. The standard InChI is InChI=1S/C45H67N4OP.2ClH/c1-4-7-30-51(31-8-5-2,32-9-6-3)35-36-25-28-42(29-26-36)46-44(50)43(34-37-24-27-38-18-16-17-19-39(38)33-37)49-45(47-40-20-12-10-13-21-40)48-41-22-14-11-15-23-41;;/h16-19,24-29,33,40-41,43H,4-15,20-23,30-32,34-35H2,1-3H3,(H2-,46,47,48,49,50);2*1H/t43-;;/m0../s1. The number of fused-ring (bicyclic) bond motifs is 1. The molecular weight excluding hydrogens is 714 g/mol. The van der Waals surface area contributed by atoms with Crippen molar-refractivity contribution < 1.29 is 17.2 Å². The Morgan fingerprint density at radius 2 is 1.21 bits per heavy atom. The molecule has 0 heterocycles. The number of carbonyl (C=O) groups is 1. The van der Waals surface area contributed by atoms with Gasteiger partial charge in [0.05, 0.1) is 24.6 Å². The summed E-state index contributed by atoms with van der Waals surface area (Å²) in [5.74, 6) is 0.775. The van der Waals surface area contributed by atoms with Gasteiger partial charge in [-0.05, 0) is 79.0 Å². The molecule has 3 aromatic rings. The minimum Gasteiger partial charge on any atom is -1.00 e. The Kier molecular flexibility index (Phi) is 20.6. The molecule has 5 nitrogen and oxygen atoms in total. The van der Waals surface area contributed by atoms with Gasteiger partial charge in [0.15, 0.2) is 5.96 Å². The third-order valence-electron chi connectivity index (χ3n) is 11.4. The van der Waals surface area contributed by atoms with Crippen LogP contribution >= 0.6 is 19.7 Å². The number of anilines is 1. The second-order valence-corrected chi connectivity index (χ2v) is 20.1. The van der Waals surface area contributed by atoms with Gasteiger partial charge in [0.1, 0.15) is 6.04 Å². The van der Waals surface area contributed by atoms with Gasteiger partial charge in [-0.25, -0.2) is 4.99 Å². The minimum atomic E-state index is -1.05. The number of rotatable bonds is 18. The molecule has 0 aliphatic heterocycles. The summed E-state index contributed by atoms with van der Waals surface area (Å²) in [6.07, 6.45) is 26.2. The van der Waals surface area contributed by atoms with Crippen LogP contribution < -0.4 is 28.4 Å². The molecule has 5 rings (SSSR count). The van der Waals surface area contributed by atoms with Crippen LogP contribution in [0.2, 0.25) is 0 Å². The Morgan fingerprint density at radius 1 is 0.698 bits per heavy atom. The number of halogens is 2. The Morgan fingerprint density at radius 3 is 1.74 bits per heavy atom. The Hall–Kier alpha value is -2.33. The lowest BCUT2D eigenvalue weighted by Gasteiger charge is -2.30. The molecule has 0 bridgehead atoms. The SMILES string of the molecule is CCCC[P+](CCCC)(CCCC)Cc1ccc(NC(=O)[C@H](Cc2ccc3ccccc3c2)N=C(NC2CCCCC2)NC2CCCCC2)cc1.Cl.[Cl-]. The number of nitrogens with one attached hydrogen (secondary N) is 3. The van der Waals surface area contributed by atoms with Gasteiger partial charge in [0.2, 0.25) is 5.91 Å². The van der Waals surface area contributed by atoms with Gasteiger partial charge >= 0.3 is 0 Å². The Labute approximate surface area is 335 Å². The lowest BCUT2D eigenvalue weighted by atomic mass is 9.95. The number of carbonyl (C=O) groups excluding carboxylic acids is 1. The summed E-state index contributed by atoms with van der Waals surface area (Å²) in [6, 6.07) is 24.2. The topological polar surface area (TPSA) is 65.5 Å².